The third-order valence-electron chi connectivity index (χ3n) is 3.49. The number of nitrogens with one attached hydrogen (secondary N) is 2. The molecule has 1 aromatic rings. The van der Waals surface area contributed by atoms with Crippen LogP contribution in [0.2, 0.25) is 0 Å². The summed E-state index contributed by atoms with van der Waals surface area (Å²) in [6.07, 6.45) is 4.30. The minimum atomic E-state index is 0.119. The Labute approximate surface area is 118 Å². The number of rotatable bonds is 3. The van der Waals surface area contributed by atoms with E-state index < -0.39 is 0 Å². The zero-order chi connectivity index (χ0) is 13.8. The number of amides is 1. The number of anilines is 2. The summed E-state index contributed by atoms with van der Waals surface area (Å²) in [6.45, 7) is 1.97. The Morgan fingerprint density at radius 1 is 1.32 bits per heavy atom. The van der Waals surface area contributed by atoms with Crippen LogP contribution in [0, 0.1) is 12.8 Å². The minimum Gasteiger partial charge on any atom is -0.376 e. The second-order valence-electron chi connectivity index (χ2n) is 4.99. The molecule has 4 N–H and O–H groups in total. The standard InChI is InChI=1S/C14H19N3OS/c1-9-6-7-11(16-14(15)19)8-12(9)17-13(18)10-4-2-3-5-10/h6-8,10H,2-5H2,1H3,(H,17,18)(H3,15,16,19). The van der Waals surface area contributed by atoms with Gasteiger partial charge in [-0.3, -0.25) is 4.79 Å². The van der Waals surface area contributed by atoms with Crippen LogP contribution in [0.1, 0.15) is 31.2 Å². The van der Waals surface area contributed by atoms with Crippen LogP contribution in [0.3, 0.4) is 0 Å². The summed E-state index contributed by atoms with van der Waals surface area (Å²) in [6, 6.07) is 5.69. The van der Waals surface area contributed by atoms with Crippen molar-refractivity contribution in [3.8, 4) is 0 Å². The Hall–Kier alpha value is -1.62. The SMILES string of the molecule is Cc1ccc(NC(N)=S)cc1NC(=O)C1CCCC1. The molecule has 0 bridgehead atoms. The monoisotopic (exact) mass is 277 g/mol. The molecule has 2 rings (SSSR count). The first-order valence-corrected chi connectivity index (χ1v) is 6.95. The minimum absolute atomic E-state index is 0.119. The number of carbonyl (C=O) groups is 1. The van der Waals surface area contributed by atoms with Gasteiger partial charge in [0.1, 0.15) is 0 Å². The van der Waals surface area contributed by atoms with Crippen molar-refractivity contribution in [1.82, 2.24) is 0 Å². The van der Waals surface area contributed by atoms with Gasteiger partial charge in [-0.25, -0.2) is 0 Å². The summed E-state index contributed by atoms with van der Waals surface area (Å²) in [5.74, 6) is 0.277. The Kier molecular flexibility index (Phi) is 4.37. The molecule has 1 aliphatic rings. The quantitative estimate of drug-likeness (QED) is 0.743. The highest BCUT2D eigenvalue weighted by Crippen LogP contribution is 2.27. The first-order chi connectivity index (χ1) is 9.06. The first-order valence-electron chi connectivity index (χ1n) is 6.54. The van der Waals surface area contributed by atoms with Crippen molar-refractivity contribution in [2.24, 2.45) is 11.7 Å². The molecule has 0 saturated heterocycles. The molecule has 1 aliphatic carbocycles. The van der Waals surface area contributed by atoms with E-state index in [9.17, 15) is 4.79 Å². The van der Waals surface area contributed by atoms with Gasteiger partial charge in [-0.15, -0.1) is 0 Å². The third kappa shape index (κ3) is 3.67. The number of aryl methyl sites for hydroxylation is 1. The lowest BCUT2D eigenvalue weighted by Gasteiger charge is -2.14. The van der Waals surface area contributed by atoms with Crippen molar-refractivity contribution in [2.75, 3.05) is 10.6 Å². The molecule has 0 unspecified atom stereocenters. The van der Waals surface area contributed by atoms with Crippen LogP contribution in [0.4, 0.5) is 11.4 Å². The Morgan fingerprint density at radius 3 is 2.63 bits per heavy atom. The number of hydrogen-bond acceptors (Lipinski definition) is 2. The van der Waals surface area contributed by atoms with E-state index in [0.717, 1.165) is 42.6 Å². The van der Waals surface area contributed by atoms with Gasteiger partial charge in [0.25, 0.3) is 0 Å². The van der Waals surface area contributed by atoms with E-state index in [2.05, 4.69) is 10.6 Å². The average Bonchev–Trinajstić information content (AvgIpc) is 2.86. The molecular weight excluding hydrogens is 258 g/mol. The molecule has 0 aliphatic heterocycles. The topological polar surface area (TPSA) is 67.2 Å². The van der Waals surface area contributed by atoms with Gasteiger partial charge in [0.15, 0.2) is 5.11 Å². The maximum atomic E-state index is 12.1. The summed E-state index contributed by atoms with van der Waals surface area (Å²) in [4.78, 5) is 12.1. The molecule has 19 heavy (non-hydrogen) atoms. The largest absolute Gasteiger partial charge is 0.376 e. The van der Waals surface area contributed by atoms with Crippen molar-refractivity contribution in [3.05, 3.63) is 23.8 Å². The Morgan fingerprint density at radius 2 is 2.00 bits per heavy atom. The number of hydrogen-bond donors (Lipinski definition) is 3. The molecule has 5 heteroatoms. The number of carbonyl (C=O) groups excluding carboxylic acids is 1. The molecule has 1 aromatic carbocycles. The fraction of sp³-hybridized carbons (Fsp3) is 0.429. The molecule has 4 nitrogen and oxygen atoms in total. The van der Waals surface area contributed by atoms with Crippen LogP contribution >= 0.6 is 12.2 Å². The lowest BCUT2D eigenvalue weighted by Crippen LogP contribution is -2.21. The predicted molar refractivity (Wildman–Crippen MR) is 82.2 cm³/mol. The third-order valence-corrected chi connectivity index (χ3v) is 3.59. The van der Waals surface area contributed by atoms with Gasteiger partial charge in [0.2, 0.25) is 5.91 Å². The van der Waals surface area contributed by atoms with E-state index >= 15 is 0 Å². The molecule has 1 amide bonds. The van der Waals surface area contributed by atoms with E-state index in [-0.39, 0.29) is 16.9 Å². The van der Waals surface area contributed by atoms with Crippen molar-refractivity contribution < 1.29 is 4.79 Å². The first kappa shape index (κ1) is 13.8. The second-order valence-corrected chi connectivity index (χ2v) is 5.43. The highest BCUT2D eigenvalue weighted by molar-refractivity contribution is 7.80. The number of benzene rings is 1. The zero-order valence-corrected chi connectivity index (χ0v) is 11.8. The van der Waals surface area contributed by atoms with Gasteiger partial charge in [0.05, 0.1) is 0 Å². The van der Waals surface area contributed by atoms with E-state index in [1.54, 1.807) is 0 Å². The summed E-state index contributed by atoms with van der Waals surface area (Å²) >= 11 is 4.81. The molecule has 1 saturated carbocycles. The maximum Gasteiger partial charge on any atom is 0.227 e. The molecule has 0 aromatic heterocycles. The van der Waals surface area contributed by atoms with Crippen molar-refractivity contribution >= 4 is 34.6 Å². The summed E-state index contributed by atoms with van der Waals surface area (Å²) in [7, 11) is 0. The second kappa shape index (κ2) is 6.02. The van der Waals surface area contributed by atoms with Gasteiger partial charge in [-0.2, -0.15) is 0 Å². The van der Waals surface area contributed by atoms with Crippen molar-refractivity contribution in [2.45, 2.75) is 32.6 Å². The normalized spacial score (nSPS) is 15.2. The van der Waals surface area contributed by atoms with E-state index in [1.807, 2.05) is 25.1 Å². The fourth-order valence-corrected chi connectivity index (χ4v) is 2.52. The number of nitrogens with two attached hydrogens (primary N) is 1. The average molecular weight is 277 g/mol. The molecular formula is C14H19N3OS. The molecule has 0 spiro atoms. The van der Waals surface area contributed by atoms with Crippen LogP contribution in [-0.4, -0.2) is 11.0 Å². The lowest BCUT2D eigenvalue weighted by atomic mass is 10.1. The molecule has 102 valence electrons. The maximum absolute atomic E-state index is 12.1. The van der Waals surface area contributed by atoms with Gasteiger partial charge >= 0.3 is 0 Å². The summed E-state index contributed by atoms with van der Waals surface area (Å²) in [5, 5.41) is 6.10. The predicted octanol–water partition coefficient (Wildman–Crippen LogP) is 2.78. The molecule has 0 heterocycles. The fourth-order valence-electron chi connectivity index (χ4n) is 2.40. The van der Waals surface area contributed by atoms with Gasteiger partial charge in [0, 0.05) is 17.3 Å². The Balaban J connectivity index is 2.09. The van der Waals surface area contributed by atoms with Crippen molar-refractivity contribution in [3.63, 3.8) is 0 Å². The van der Waals surface area contributed by atoms with Crippen molar-refractivity contribution in [1.29, 1.82) is 0 Å². The van der Waals surface area contributed by atoms with Gasteiger partial charge in [-0.05, 0) is 49.7 Å². The van der Waals surface area contributed by atoms with Gasteiger partial charge < -0.3 is 16.4 Å². The molecule has 1 fully saturated rings. The molecule has 0 atom stereocenters. The molecule has 0 radical (unpaired) electrons. The highest BCUT2D eigenvalue weighted by Gasteiger charge is 2.22. The summed E-state index contributed by atoms with van der Waals surface area (Å²) < 4.78 is 0. The Bertz CT molecular complexity index is 495. The van der Waals surface area contributed by atoms with Crippen LogP contribution in [0.5, 0.6) is 0 Å². The van der Waals surface area contributed by atoms with Crippen LogP contribution in [0.15, 0.2) is 18.2 Å². The van der Waals surface area contributed by atoms with Crippen LogP contribution < -0.4 is 16.4 Å². The van der Waals surface area contributed by atoms with Crippen LogP contribution in [0.25, 0.3) is 0 Å². The zero-order valence-electron chi connectivity index (χ0n) is 11.0. The number of thiocarbonyl (C=S) groups is 1. The lowest BCUT2D eigenvalue weighted by molar-refractivity contribution is -0.119. The smallest absolute Gasteiger partial charge is 0.227 e. The van der Waals surface area contributed by atoms with E-state index in [0.29, 0.717) is 0 Å². The highest BCUT2D eigenvalue weighted by atomic mass is 32.1. The van der Waals surface area contributed by atoms with E-state index in [1.165, 1.54) is 0 Å². The summed E-state index contributed by atoms with van der Waals surface area (Å²) in [5.41, 5.74) is 8.08. The van der Waals surface area contributed by atoms with E-state index in [4.69, 9.17) is 18.0 Å². The van der Waals surface area contributed by atoms with Gasteiger partial charge in [-0.1, -0.05) is 18.9 Å². The van der Waals surface area contributed by atoms with Crippen LogP contribution in [-0.2, 0) is 4.79 Å².